The molecule has 0 aliphatic heterocycles. The average Bonchev–Trinajstić information content (AvgIpc) is 2.27. The van der Waals surface area contributed by atoms with Crippen molar-refractivity contribution in [1.82, 2.24) is 0 Å². The third-order valence-corrected chi connectivity index (χ3v) is 2.54. The van der Waals surface area contributed by atoms with Crippen molar-refractivity contribution in [3.8, 4) is 0 Å². The molecule has 0 amide bonds. The van der Waals surface area contributed by atoms with Crippen molar-refractivity contribution in [3.63, 3.8) is 0 Å². The molecule has 0 spiro atoms. The first-order valence-corrected chi connectivity index (χ1v) is 5.95. The van der Waals surface area contributed by atoms with E-state index in [2.05, 4.69) is 26.4 Å². The minimum Gasteiger partial charge on any atom is -0.461 e. The summed E-state index contributed by atoms with van der Waals surface area (Å²) in [6.07, 6.45) is 1.32. The molecule has 1 aromatic rings. The maximum Gasteiger partial charge on any atom is 0.306 e. The Kier molecular flexibility index (Phi) is 5.45. The van der Waals surface area contributed by atoms with Gasteiger partial charge in [-0.15, -0.1) is 0 Å². The summed E-state index contributed by atoms with van der Waals surface area (Å²) >= 11 is 2.07. The molecule has 3 nitrogen and oxygen atoms in total. The molecule has 1 aromatic carbocycles. The van der Waals surface area contributed by atoms with E-state index in [-0.39, 0.29) is 5.97 Å². The number of carbonyl (C=O) groups excluding carboxylic acids is 1. The van der Waals surface area contributed by atoms with Crippen LogP contribution in [0.5, 0.6) is 0 Å². The zero-order valence-electron chi connectivity index (χ0n) is 8.63. The van der Waals surface area contributed by atoms with Crippen LogP contribution in [0.15, 0.2) is 24.3 Å². The van der Waals surface area contributed by atoms with Crippen molar-refractivity contribution in [3.05, 3.63) is 29.8 Å². The Labute approximate surface area is 104 Å². The molecule has 4 heteroatoms. The molecule has 0 bridgehead atoms. The molecule has 0 fully saturated rings. The van der Waals surface area contributed by atoms with Crippen molar-refractivity contribution in [2.45, 2.75) is 26.4 Å². The summed E-state index contributed by atoms with van der Waals surface area (Å²) in [5.41, 5.74) is 2.05. The predicted octanol–water partition coefficient (Wildman–Crippen LogP) is 3.29. The molecule has 0 radical (unpaired) electrons. The third kappa shape index (κ3) is 4.51. The van der Waals surface area contributed by atoms with Crippen LogP contribution >= 0.6 is 22.9 Å². The van der Waals surface area contributed by atoms with Gasteiger partial charge in [-0.1, -0.05) is 19.1 Å². The fourth-order valence-corrected chi connectivity index (χ4v) is 1.46. The summed E-state index contributed by atoms with van der Waals surface area (Å²) < 4.78 is 8.08. The van der Waals surface area contributed by atoms with Crippen LogP contribution in [0, 0.1) is 0 Å². The van der Waals surface area contributed by atoms with Gasteiger partial charge in [0.2, 0.25) is 0 Å². The van der Waals surface area contributed by atoms with Gasteiger partial charge in [-0.05, 0) is 24.1 Å². The van der Waals surface area contributed by atoms with E-state index in [1.165, 1.54) is 0 Å². The topological polar surface area (TPSA) is 38.3 Å². The van der Waals surface area contributed by atoms with E-state index in [1.54, 1.807) is 0 Å². The summed E-state index contributed by atoms with van der Waals surface area (Å²) in [6.45, 7) is 2.32. The quantitative estimate of drug-likeness (QED) is 0.514. The standard InChI is InChI=1S/C11H14INO2/c1-2-3-11(14)15-8-9-4-6-10(13-12)7-5-9/h4-7,13H,2-3,8H2,1H3. The SMILES string of the molecule is CCCC(=O)OCc1ccc(NI)cc1. The zero-order valence-corrected chi connectivity index (χ0v) is 10.8. The molecule has 0 aliphatic rings. The first kappa shape index (κ1) is 12.3. The number of halogens is 1. The molecule has 0 aromatic heterocycles. The molecular weight excluding hydrogens is 305 g/mol. The fourth-order valence-electron chi connectivity index (χ4n) is 1.10. The van der Waals surface area contributed by atoms with Crippen LogP contribution in [0.3, 0.4) is 0 Å². The maximum atomic E-state index is 11.1. The van der Waals surface area contributed by atoms with E-state index in [9.17, 15) is 4.79 Å². The Morgan fingerprint density at radius 3 is 2.60 bits per heavy atom. The smallest absolute Gasteiger partial charge is 0.306 e. The van der Waals surface area contributed by atoms with Gasteiger partial charge in [0.15, 0.2) is 0 Å². The molecule has 15 heavy (non-hydrogen) atoms. The molecule has 0 heterocycles. The van der Waals surface area contributed by atoms with Crippen LogP contribution in [-0.2, 0) is 16.1 Å². The lowest BCUT2D eigenvalue weighted by Gasteiger charge is -2.04. The summed E-state index contributed by atoms with van der Waals surface area (Å²) in [7, 11) is 0. The molecular formula is C11H14INO2. The largest absolute Gasteiger partial charge is 0.461 e. The van der Waals surface area contributed by atoms with Gasteiger partial charge >= 0.3 is 5.97 Å². The van der Waals surface area contributed by atoms with Crippen LogP contribution < -0.4 is 3.53 Å². The molecule has 0 atom stereocenters. The lowest BCUT2D eigenvalue weighted by Crippen LogP contribution is -2.03. The van der Waals surface area contributed by atoms with Gasteiger partial charge < -0.3 is 8.27 Å². The van der Waals surface area contributed by atoms with E-state index >= 15 is 0 Å². The van der Waals surface area contributed by atoms with Crippen molar-refractivity contribution >= 4 is 34.5 Å². The first-order valence-electron chi connectivity index (χ1n) is 4.87. The Hall–Kier alpha value is -0.780. The number of esters is 1. The van der Waals surface area contributed by atoms with Gasteiger partial charge in [0, 0.05) is 12.1 Å². The Morgan fingerprint density at radius 1 is 1.40 bits per heavy atom. The number of anilines is 1. The van der Waals surface area contributed by atoms with Crippen LogP contribution in [-0.4, -0.2) is 5.97 Å². The van der Waals surface area contributed by atoms with Crippen molar-refractivity contribution in [2.75, 3.05) is 3.53 Å². The van der Waals surface area contributed by atoms with E-state index in [1.807, 2.05) is 31.2 Å². The molecule has 82 valence electrons. The highest BCUT2D eigenvalue weighted by molar-refractivity contribution is 14.1. The summed E-state index contributed by atoms with van der Waals surface area (Å²) in [6, 6.07) is 7.80. The Balaban J connectivity index is 2.40. The summed E-state index contributed by atoms with van der Waals surface area (Å²) in [5, 5.41) is 0. The lowest BCUT2D eigenvalue weighted by atomic mass is 10.2. The number of ether oxygens (including phenoxy) is 1. The molecule has 0 saturated carbocycles. The Morgan fingerprint density at radius 2 is 2.07 bits per heavy atom. The normalized spacial score (nSPS) is 9.73. The highest BCUT2D eigenvalue weighted by Crippen LogP contribution is 2.12. The number of carbonyl (C=O) groups is 1. The van der Waals surface area contributed by atoms with Gasteiger partial charge in [-0.3, -0.25) is 4.79 Å². The van der Waals surface area contributed by atoms with Crippen LogP contribution in [0.2, 0.25) is 0 Å². The van der Waals surface area contributed by atoms with Crippen LogP contribution in [0.4, 0.5) is 5.69 Å². The van der Waals surface area contributed by atoms with Crippen LogP contribution in [0.1, 0.15) is 25.3 Å². The number of rotatable bonds is 5. The number of nitrogens with one attached hydrogen (secondary N) is 1. The summed E-state index contributed by atoms with van der Waals surface area (Å²) in [5.74, 6) is -0.131. The Bertz CT molecular complexity index is 311. The predicted molar refractivity (Wildman–Crippen MR) is 68.8 cm³/mol. The van der Waals surface area contributed by atoms with Gasteiger partial charge in [-0.2, -0.15) is 0 Å². The molecule has 0 unspecified atom stereocenters. The molecule has 0 saturated heterocycles. The molecule has 0 aliphatic carbocycles. The molecule has 1 rings (SSSR count). The van der Waals surface area contributed by atoms with Gasteiger partial charge in [0.1, 0.15) is 6.61 Å². The second kappa shape index (κ2) is 6.66. The van der Waals surface area contributed by atoms with Gasteiger partial charge in [0.25, 0.3) is 0 Å². The minimum atomic E-state index is -0.131. The van der Waals surface area contributed by atoms with Gasteiger partial charge in [-0.25, -0.2) is 0 Å². The molecule has 1 N–H and O–H groups in total. The zero-order chi connectivity index (χ0) is 11.1. The minimum absolute atomic E-state index is 0.131. The number of benzene rings is 1. The fraction of sp³-hybridized carbons (Fsp3) is 0.364. The average molecular weight is 319 g/mol. The van der Waals surface area contributed by atoms with E-state index in [0.717, 1.165) is 17.7 Å². The number of hydrogen-bond donors (Lipinski definition) is 1. The third-order valence-electron chi connectivity index (χ3n) is 1.92. The van der Waals surface area contributed by atoms with Crippen molar-refractivity contribution in [1.29, 1.82) is 0 Å². The highest BCUT2D eigenvalue weighted by atomic mass is 127. The first-order chi connectivity index (χ1) is 7.26. The monoisotopic (exact) mass is 319 g/mol. The van der Waals surface area contributed by atoms with Gasteiger partial charge in [0.05, 0.1) is 22.9 Å². The second-order valence-corrected chi connectivity index (χ2v) is 3.74. The number of hydrogen-bond acceptors (Lipinski definition) is 3. The van der Waals surface area contributed by atoms with E-state index in [0.29, 0.717) is 13.0 Å². The highest BCUT2D eigenvalue weighted by Gasteiger charge is 2.01. The summed E-state index contributed by atoms with van der Waals surface area (Å²) in [4.78, 5) is 11.1. The van der Waals surface area contributed by atoms with Crippen molar-refractivity contribution in [2.24, 2.45) is 0 Å². The van der Waals surface area contributed by atoms with Crippen LogP contribution in [0.25, 0.3) is 0 Å². The second-order valence-electron chi connectivity index (χ2n) is 3.20. The van der Waals surface area contributed by atoms with Crippen molar-refractivity contribution < 1.29 is 9.53 Å². The lowest BCUT2D eigenvalue weighted by molar-refractivity contribution is -0.144. The van der Waals surface area contributed by atoms with E-state index < -0.39 is 0 Å². The maximum absolute atomic E-state index is 11.1. The van der Waals surface area contributed by atoms with E-state index in [4.69, 9.17) is 4.74 Å².